The Morgan fingerprint density at radius 3 is 2.30 bits per heavy atom. The van der Waals surface area contributed by atoms with Crippen molar-refractivity contribution in [2.75, 3.05) is 0 Å². The van der Waals surface area contributed by atoms with Crippen molar-refractivity contribution in [3.8, 4) is 11.5 Å². The number of nitrogens with zero attached hydrogens (tertiary/aromatic N) is 2. The molecule has 2 aromatic carbocycles. The monoisotopic (exact) mass is 282 g/mol. The van der Waals surface area contributed by atoms with Crippen LogP contribution in [0.5, 0.6) is 0 Å². The molecule has 0 N–H and O–H groups in total. The van der Waals surface area contributed by atoms with Crippen molar-refractivity contribution in [3.05, 3.63) is 72.1 Å². The van der Waals surface area contributed by atoms with Crippen LogP contribution in [0.15, 0.2) is 65.2 Å². The van der Waals surface area contributed by atoms with Gasteiger partial charge in [0.15, 0.2) is 5.82 Å². The summed E-state index contributed by atoms with van der Waals surface area (Å²) in [7, 11) is 0. The van der Waals surface area contributed by atoms with Crippen LogP contribution in [-0.4, -0.2) is 10.1 Å². The first-order valence-corrected chi connectivity index (χ1v) is 7.57. The number of thioether (sulfide) groups is 1. The average molecular weight is 282 g/mol. The quantitative estimate of drug-likeness (QED) is 0.704. The molecule has 0 radical (unpaired) electrons. The fourth-order valence-corrected chi connectivity index (χ4v) is 2.68. The van der Waals surface area contributed by atoms with E-state index in [-0.39, 0.29) is 0 Å². The minimum absolute atomic E-state index is 0.584. The van der Waals surface area contributed by atoms with Crippen molar-refractivity contribution >= 4 is 11.8 Å². The van der Waals surface area contributed by atoms with E-state index in [9.17, 15) is 0 Å². The van der Waals surface area contributed by atoms with Gasteiger partial charge in [0.2, 0.25) is 0 Å². The summed E-state index contributed by atoms with van der Waals surface area (Å²) in [6, 6.07) is 20.2. The van der Waals surface area contributed by atoms with E-state index < -0.39 is 0 Å². The zero-order chi connectivity index (χ0) is 13.6. The zero-order valence-electron chi connectivity index (χ0n) is 10.9. The number of hydrogen-bond acceptors (Lipinski definition) is 4. The van der Waals surface area contributed by atoms with Gasteiger partial charge in [0.1, 0.15) is 0 Å². The lowest BCUT2D eigenvalue weighted by Crippen LogP contribution is -1.86. The van der Waals surface area contributed by atoms with Crippen LogP contribution in [0.25, 0.3) is 11.5 Å². The number of aromatic nitrogens is 2. The van der Waals surface area contributed by atoms with Gasteiger partial charge in [-0.2, -0.15) is 4.98 Å². The second-order valence-electron chi connectivity index (χ2n) is 4.36. The fraction of sp³-hybridized carbons (Fsp3) is 0.125. The summed E-state index contributed by atoms with van der Waals surface area (Å²) >= 11 is 1.78. The topological polar surface area (TPSA) is 38.9 Å². The molecule has 3 nitrogen and oxygen atoms in total. The highest BCUT2D eigenvalue weighted by Crippen LogP contribution is 2.20. The lowest BCUT2D eigenvalue weighted by Gasteiger charge is -1.98. The van der Waals surface area contributed by atoms with Gasteiger partial charge in [0.25, 0.3) is 5.89 Å². The summed E-state index contributed by atoms with van der Waals surface area (Å²) in [5, 5.41) is 4.02. The van der Waals surface area contributed by atoms with Crippen molar-refractivity contribution in [2.45, 2.75) is 11.5 Å². The summed E-state index contributed by atoms with van der Waals surface area (Å²) in [5.41, 5.74) is 2.27. The van der Waals surface area contributed by atoms with E-state index >= 15 is 0 Å². The van der Waals surface area contributed by atoms with Crippen LogP contribution >= 0.6 is 11.8 Å². The first-order valence-electron chi connectivity index (χ1n) is 6.41. The number of rotatable bonds is 5. The molecule has 0 aliphatic heterocycles. The second-order valence-corrected chi connectivity index (χ2v) is 5.35. The molecular formula is C16H14N2OS. The van der Waals surface area contributed by atoms with Crippen molar-refractivity contribution in [1.29, 1.82) is 0 Å². The molecule has 0 fully saturated rings. The van der Waals surface area contributed by atoms with Crippen molar-refractivity contribution in [3.63, 3.8) is 0 Å². The smallest absolute Gasteiger partial charge is 0.257 e. The summed E-state index contributed by atoms with van der Waals surface area (Å²) in [6.45, 7) is 0. The number of benzene rings is 2. The van der Waals surface area contributed by atoms with Gasteiger partial charge in [0.05, 0.1) is 5.75 Å². The molecule has 0 unspecified atom stereocenters. The van der Waals surface area contributed by atoms with Gasteiger partial charge in [-0.15, -0.1) is 11.8 Å². The van der Waals surface area contributed by atoms with E-state index in [0.29, 0.717) is 5.89 Å². The van der Waals surface area contributed by atoms with E-state index in [2.05, 4.69) is 34.4 Å². The zero-order valence-corrected chi connectivity index (χ0v) is 11.7. The minimum Gasteiger partial charge on any atom is -0.334 e. The van der Waals surface area contributed by atoms with E-state index in [1.807, 2.05) is 36.4 Å². The molecule has 0 saturated carbocycles. The highest BCUT2D eigenvalue weighted by Gasteiger charge is 2.08. The van der Waals surface area contributed by atoms with Crippen LogP contribution in [-0.2, 0) is 11.5 Å². The van der Waals surface area contributed by atoms with Gasteiger partial charge >= 0.3 is 0 Å². The molecule has 0 aliphatic carbocycles. The number of hydrogen-bond donors (Lipinski definition) is 0. The lowest BCUT2D eigenvalue weighted by molar-refractivity contribution is 0.425. The van der Waals surface area contributed by atoms with Gasteiger partial charge in [-0.1, -0.05) is 53.7 Å². The largest absolute Gasteiger partial charge is 0.334 e. The SMILES string of the molecule is c1ccc(CSCc2noc(-c3ccccc3)n2)cc1. The Kier molecular flexibility index (Phi) is 4.13. The van der Waals surface area contributed by atoms with E-state index in [4.69, 9.17) is 4.52 Å². The van der Waals surface area contributed by atoms with Crippen molar-refractivity contribution in [1.82, 2.24) is 10.1 Å². The predicted octanol–water partition coefficient (Wildman–Crippen LogP) is 4.17. The molecule has 20 heavy (non-hydrogen) atoms. The fourth-order valence-electron chi connectivity index (χ4n) is 1.84. The molecule has 0 aliphatic rings. The van der Waals surface area contributed by atoms with Gasteiger partial charge in [-0.3, -0.25) is 0 Å². The molecule has 3 rings (SSSR count). The maximum Gasteiger partial charge on any atom is 0.257 e. The first-order chi connectivity index (χ1) is 9.92. The van der Waals surface area contributed by atoms with Gasteiger partial charge in [-0.05, 0) is 17.7 Å². The normalized spacial score (nSPS) is 10.6. The minimum atomic E-state index is 0.584. The highest BCUT2D eigenvalue weighted by atomic mass is 32.2. The van der Waals surface area contributed by atoms with Crippen LogP contribution in [0.4, 0.5) is 0 Å². The Labute approximate surface area is 122 Å². The standard InChI is InChI=1S/C16H14N2OS/c1-3-7-13(8-4-1)11-20-12-15-17-16(19-18-15)14-9-5-2-6-10-14/h1-10H,11-12H2. The third-order valence-corrected chi connectivity index (χ3v) is 3.83. The van der Waals surface area contributed by atoms with E-state index in [1.54, 1.807) is 11.8 Å². The van der Waals surface area contributed by atoms with Crippen LogP contribution in [0, 0.1) is 0 Å². The highest BCUT2D eigenvalue weighted by molar-refractivity contribution is 7.97. The molecule has 0 bridgehead atoms. The predicted molar refractivity (Wildman–Crippen MR) is 81.2 cm³/mol. The first kappa shape index (κ1) is 12.9. The summed E-state index contributed by atoms with van der Waals surface area (Å²) in [4.78, 5) is 4.41. The molecule has 3 aromatic rings. The third kappa shape index (κ3) is 3.27. The average Bonchev–Trinajstić information content (AvgIpc) is 2.98. The van der Waals surface area contributed by atoms with Crippen molar-refractivity contribution < 1.29 is 4.52 Å². The molecule has 0 atom stereocenters. The molecule has 4 heteroatoms. The summed E-state index contributed by atoms with van der Waals surface area (Å²) in [6.07, 6.45) is 0. The van der Waals surface area contributed by atoms with Gasteiger partial charge < -0.3 is 4.52 Å². The Balaban J connectivity index is 1.58. The van der Waals surface area contributed by atoms with Crippen LogP contribution in [0.3, 0.4) is 0 Å². The Hall–Kier alpha value is -2.07. The molecular weight excluding hydrogens is 268 g/mol. The maximum atomic E-state index is 5.28. The van der Waals surface area contributed by atoms with Gasteiger partial charge in [0, 0.05) is 11.3 Å². The van der Waals surface area contributed by atoms with Crippen LogP contribution in [0.2, 0.25) is 0 Å². The van der Waals surface area contributed by atoms with Crippen molar-refractivity contribution in [2.24, 2.45) is 0 Å². The molecule has 0 spiro atoms. The Morgan fingerprint density at radius 1 is 0.850 bits per heavy atom. The second kappa shape index (κ2) is 6.39. The Morgan fingerprint density at radius 2 is 1.55 bits per heavy atom. The van der Waals surface area contributed by atoms with Crippen LogP contribution < -0.4 is 0 Å². The van der Waals surface area contributed by atoms with Crippen LogP contribution in [0.1, 0.15) is 11.4 Å². The molecule has 0 amide bonds. The van der Waals surface area contributed by atoms with E-state index in [0.717, 1.165) is 22.9 Å². The molecule has 100 valence electrons. The Bertz CT molecular complexity index is 653. The summed E-state index contributed by atoms with van der Waals surface area (Å²) < 4.78 is 5.28. The molecule has 1 aromatic heterocycles. The van der Waals surface area contributed by atoms with E-state index in [1.165, 1.54) is 5.56 Å². The van der Waals surface area contributed by atoms with Gasteiger partial charge in [-0.25, -0.2) is 0 Å². The lowest BCUT2D eigenvalue weighted by atomic mass is 10.2. The molecule has 0 saturated heterocycles. The summed E-state index contributed by atoms with van der Waals surface area (Å²) in [5.74, 6) is 3.03. The maximum absolute atomic E-state index is 5.28. The third-order valence-electron chi connectivity index (χ3n) is 2.83. The molecule has 1 heterocycles.